The second kappa shape index (κ2) is 6.34. The maximum absolute atomic E-state index is 6.11. The molecule has 0 saturated heterocycles. The van der Waals surface area contributed by atoms with Crippen LogP contribution in [0.25, 0.3) is 33.0 Å². The molecule has 2 heteroatoms. The molecule has 0 aliphatic carbocycles. The van der Waals surface area contributed by atoms with Gasteiger partial charge in [-0.1, -0.05) is 60.1 Å². The molecule has 1 aromatic heterocycles. The highest BCUT2D eigenvalue weighted by molar-refractivity contribution is 6.29. The first-order chi connectivity index (χ1) is 12.1. The summed E-state index contributed by atoms with van der Waals surface area (Å²) in [6.07, 6.45) is 1.83. The molecule has 0 amide bonds. The van der Waals surface area contributed by atoms with Crippen molar-refractivity contribution in [1.29, 1.82) is 0 Å². The molecule has 1 heterocycles. The smallest absolute Gasteiger partial charge is 0.129 e. The Labute approximate surface area is 152 Å². The molecule has 0 spiro atoms. The zero-order valence-electron chi connectivity index (χ0n) is 14.3. The van der Waals surface area contributed by atoms with Crippen LogP contribution in [0.2, 0.25) is 5.15 Å². The lowest BCUT2D eigenvalue weighted by molar-refractivity contribution is 1.27. The minimum atomic E-state index is 0.527. The van der Waals surface area contributed by atoms with Gasteiger partial charge in [0.25, 0.3) is 0 Å². The quantitative estimate of drug-likeness (QED) is 0.363. The molecule has 1 nitrogen and oxygen atoms in total. The van der Waals surface area contributed by atoms with Gasteiger partial charge >= 0.3 is 0 Å². The van der Waals surface area contributed by atoms with E-state index in [1.807, 2.05) is 18.3 Å². The standard InChI is InChI=1S/C23H18ClN/c1-15-10-20-11-18(17-6-4-3-5-7-17)8-9-19(20)12-21(15)22-13-23(24)25-14-16(22)2/h3-14H,1-2H3. The van der Waals surface area contributed by atoms with Crippen LogP contribution in [-0.4, -0.2) is 4.98 Å². The Morgan fingerprint density at radius 3 is 2.24 bits per heavy atom. The third-order valence-electron chi connectivity index (χ3n) is 4.65. The van der Waals surface area contributed by atoms with Gasteiger partial charge in [-0.05, 0) is 76.2 Å². The molecule has 0 aliphatic rings. The summed E-state index contributed by atoms with van der Waals surface area (Å²) in [6, 6.07) is 23.6. The van der Waals surface area contributed by atoms with Crippen LogP contribution < -0.4 is 0 Å². The predicted octanol–water partition coefficient (Wildman–Crippen LogP) is 6.84. The zero-order chi connectivity index (χ0) is 17.4. The van der Waals surface area contributed by atoms with Crippen LogP contribution in [0.3, 0.4) is 0 Å². The second-order valence-electron chi connectivity index (χ2n) is 6.42. The lowest BCUT2D eigenvalue weighted by atomic mass is 9.93. The number of rotatable bonds is 2. The minimum absolute atomic E-state index is 0.527. The predicted molar refractivity (Wildman–Crippen MR) is 107 cm³/mol. The SMILES string of the molecule is Cc1cnc(Cl)cc1-c1cc2ccc(-c3ccccc3)cc2cc1C. The molecule has 4 rings (SSSR count). The lowest BCUT2D eigenvalue weighted by Gasteiger charge is -2.12. The van der Waals surface area contributed by atoms with Gasteiger partial charge in [-0.2, -0.15) is 0 Å². The summed E-state index contributed by atoms with van der Waals surface area (Å²) in [5.74, 6) is 0. The van der Waals surface area contributed by atoms with Gasteiger partial charge in [0.1, 0.15) is 5.15 Å². The van der Waals surface area contributed by atoms with Gasteiger partial charge in [-0.15, -0.1) is 0 Å². The van der Waals surface area contributed by atoms with Gasteiger partial charge in [-0.25, -0.2) is 4.98 Å². The highest BCUT2D eigenvalue weighted by atomic mass is 35.5. The molecule has 4 aromatic rings. The summed E-state index contributed by atoms with van der Waals surface area (Å²) in [5.41, 5.74) is 7.20. The Hall–Kier alpha value is -2.64. The normalized spacial score (nSPS) is 11.0. The van der Waals surface area contributed by atoms with Gasteiger partial charge < -0.3 is 0 Å². The molecule has 0 radical (unpaired) electrons. The van der Waals surface area contributed by atoms with Crippen LogP contribution in [0.5, 0.6) is 0 Å². The number of pyridine rings is 1. The maximum atomic E-state index is 6.11. The molecule has 122 valence electrons. The summed E-state index contributed by atoms with van der Waals surface area (Å²) in [5, 5.41) is 3.01. The molecular weight excluding hydrogens is 326 g/mol. The Morgan fingerprint density at radius 2 is 1.44 bits per heavy atom. The van der Waals surface area contributed by atoms with Gasteiger partial charge in [0, 0.05) is 6.20 Å². The summed E-state index contributed by atoms with van der Waals surface area (Å²) >= 11 is 6.11. The van der Waals surface area contributed by atoms with Crippen molar-refractivity contribution in [2.75, 3.05) is 0 Å². The van der Waals surface area contributed by atoms with E-state index >= 15 is 0 Å². The average molecular weight is 344 g/mol. The van der Waals surface area contributed by atoms with Crippen LogP contribution in [-0.2, 0) is 0 Å². The number of aromatic nitrogens is 1. The van der Waals surface area contributed by atoms with Gasteiger partial charge in [0.05, 0.1) is 0 Å². The van der Waals surface area contributed by atoms with Crippen molar-refractivity contribution in [3.63, 3.8) is 0 Å². The van der Waals surface area contributed by atoms with E-state index in [1.54, 1.807) is 0 Å². The van der Waals surface area contributed by atoms with E-state index in [0.717, 1.165) is 11.1 Å². The maximum Gasteiger partial charge on any atom is 0.129 e. The number of hydrogen-bond donors (Lipinski definition) is 0. The van der Waals surface area contributed by atoms with Crippen LogP contribution in [0.1, 0.15) is 11.1 Å². The van der Waals surface area contributed by atoms with Gasteiger partial charge in [-0.3, -0.25) is 0 Å². The highest BCUT2D eigenvalue weighted by Gasteiger charge is 2.09. The van der Waals surface area contributed by atoms with E-state index in [2.05, 4.69) is 73.4 Å². The summed E-state index contributed by atoms with van der Waals surface area (Å²) in [7, 11) is 0. The molecule has 0 unspecified atom stereocenters. The van der Waals surface area contributed by atoms with E-state index in [0.29, 0.717) is 5.15 Å². The fraction of sp³-hybridized carbons (Fsp3) is 0.0870. The number of halogens is 1. The van der Waals surface area contributed by atoms with Gasteiger partial charge in [0.15, 0.2) is 0 Å². The molecule has 0 N–H and O–H groups in total. The molecular formula is C23H18ClN. The van der Waals surface area contributed by atoms with E-state index in [1.165, 1.54) is 33.0 Å². The highest BCUT2D eigenvalue weighted by Crippen LogP contribution is 2.33. The molecule has 0 fully saturated rings. The van der Waals surface area contributed by atoms with Crippen molar-refractivity contribution in [3.8, 4) is 22.3 Å². The second-order valence-corrected chi connectivity index (χ2v) is 6.80. The van der Waals surface area contributed by atoms with Crippen molar-refractivity contribution in [2.45, 2.75) is 13.8 Å². The van der Waals surface area contributed by atoms with E-state index < -0.39 is 0 Å². The molecule has 0 aliphatic heterocycles. The summed E-state index contributed by atoms with van der Waals surface area (Å²) in [6.45, 7) is 4.22. The van der Waals surface area contributed by atoms with Crippen molar-refractivity contribution in [2.24, 2.45) is 0 Å². The van der Waals surface area contributed by atoms with E-state index in [9.17, 15) is 0 Å². The largest absolute Gasteiger partial charge is 0.244 e. The lowest BCUT2D eigenvalue weighted by Crippen LogP contribution is -1.90. The molecule has 0 saturated carbocycles. The van der Waals surface area contributed by atoms with Crippen LogP contribution in [0.15, 0.2) is 72.9 Å². The van der Waals surface area contributed by atoms with E-state index in [-0.39, 0.29) is 0 Å². The summed E-state index contributed by atoms with van der Waals surface area (Å²) in [4.78, 5) is 4.17. The summed E-state index contributed by atoms with van der Waals surface area (Å²) < 4.78 is 0. The fourth-order valence-electron chi connectivity index (χ4n) is 3.30. The molecule has 25 heavy (non-hydrogen) atoms. The Bertz CT molecular complexity index is 1070. The zero-order valence-corrected chi connectivity index (χ0v) is 15.0. The monoisotopic (exact) mass is 343 g/mol. The molecule has 3 aromatic carbocycles. The van der Waals surface area contributed by atoms with Crippen molar-refractivity contribution >= 4 is 22.4 Å². The number of aryl methyl sites for hydroxylation is 2. The van der Waals surface area contributed by atoms with Crippen molar-refractivity contribution in [3.05, 3.63) is 89.2 Å². The molecule has 0 atom stereocenters. The third-order valence-corrected chi connectivity index (χ3v) is 4.86. The Balaban J connectivity index is 1.87. The van der Waals surface area contributed by atoms with E-state index in [4.69, 9.17) is 11.6 Å². The van der Waals surface area contributed by atoms with Gasteiger partial charge in [0.2, 0.25) is 0 Å². The fourth-order valence-corrected chi connectivity index (χ4v) is 3.46. The minimum Gasteiger partial charge on any atom is -0.244 e. The molecule has 0 bridgehead atoms. The van der Waals surface area contributed by atoms with Crippen LogP contribution in [0, 0.1) is 13.8 Å². The first-order valence-corrected chi connectivity index (χ1v) is 8.72. The van der Waals surface area contributed by atoms with Crippen molar-refractivity contribution < 1.29 is 0 Å². The first kappa shape index (κ1) is 15.9. The number of fused-ring (bicyclic) bond motifs is 1. The number of hydrogen-bond acceptors (Lipinski definition) is 1. The Morgan fingerprint density at radius 1 is 0.680 bits per heavy atom. The average Bonchev–Trinajstić information content (AvgIpc) is 2.63. The van der Waals surface area contributed by atoms with Crippen molar-refractivity contribution in [1.82, 2.24) is 4.98 Å². The first-order valence-electron chi connectivity index (χ1n) is 8.34. The van der Waals surface area contributed by atoms with Crippen LogP contribution in [0.4, 0.5) is 0 Å². The third kappa shape index (κ3) is 3.04. The number of benzene rings is 3. The Kier molecular flexibility index (Phi) is 4.03. The van der Waals surface area contributed by atoms with Crippen LogP contribution >= 0.6 is 11.6 Å². The number of nitrogens with zero attached hydrogens (tertiary/aromatic N) is 1. The topological polar surface area (TPSA) is 12.9 Å².